The predicted molar refractivity (Wildman–Crippen MR) is 88.2 cm³/mol. The van der Waals surface area contributed by atoms with Crippen LogP contribution in [0.4, 0.5) is 0 Å². The van der Waals surface area contributed by atoms with Gasteiger partial charge in [-0.2, -0.15) is 0 Å². The molecule has 1 aliphatic rings. The minimum atomic E-state index is -0.271. The van der Waals surface area contributed by atoms with E-state index in [1.54, 1.807) is 13.1 Å². The molecule has 1 aliphatic carbocycles. The van der Waals surface area contributed by atoms with E-state index in [2.05, 4.69) is 11.9 Å². The lowest BCUT2D eigenvalue weighted by molar-refractivity contribution is -0.131. The first-order valence-electron chi connectivity index (χ1n) is 7.01. The van der Waals surface area contributed by atoms with Gasteiger partial charge in [0.2, 0.25) is 11.8 Å². The molecule has 1 aromatic carbocycles. The summed E-state index contributed by atoms with van der Waals surface area (Å²) < 4.78 is 0. The lowest BCUT2D eigenvalue weighted by Crippen LogP contribution is -2.38. The Balaban J connectivity index is 1.79. The number of benzene rings is 1. The lowest BCUT2D eigenvalue weighted by atomic mass is 10.1. The van der Waals surface area contributed by atoms with Gasteiger partial charge in [0.05, 0.1) is 6.54 Å². The Morgan fingerprint density at radius 3 is 2.82 bits per heavy atom. The summed E-state index contributed by atoms with van der Waals surface area (Å²) in [6.45, 7) is 4.00. The first kappa shape index (κ1) is 16.8. The monoisotopic (exact) mass is 340 g/mol. The van der Waals surface area contributed by atoms with Gasteiger partial charge >= 0.3 is 0 Å². The van der Waals surface area contributed by atoms with Crippen molar-refractivity contribution in [1.82, 2.24) is 10.2 Å². The molecule has 6 heteroatoms. The Morgan fingerprint density at radius 1 is 1.45 bits per heavy atom. The largest absolute Gasteiger partial charge is 0.354 e. The van der Waals surface area contributed by atoms with E-state index in [-0.39, 0.29) is 18.4 Å². The molecule has 1 N–H and O–H groups in total. The standard InChI is InChI=1S/C16H18Cl2N2O2/c1-3-16(22)20(2)9-15(21)19-8-10-6-13(10)12-5-4-11(17)7-14(12)18/h3-5,7,10,13H,1,6,8-9H2,2H3,(H,19,21)/t10-,13+/m0/s1. The van der Waals surface area contributed by atoms with E-state index in [0.717, 1.165) is 12.0 Å². The van der Waals surface area contributed by atoms with Crippen molar-refractivity contribution in [2.45, 2.75) is 12.3 Å². The number of nitrogens with zero attached hydrogens (tertiary/aromatic N) is 1. The molecule has 0 aromatic heterocycles. The van der Waals surface area contributed by atoms with Gasteiger partial charge in [-0.05, 0) is 42.0 Å². The summed E-state index contributed by atoms with van der Waals surface area (Å²) in [5.41, 5.74) is 1.07. The molecule has 0 heterocycles. The number of carbonyl (C=O) groups is 2. The fourth-order valence-corrected chi connectivity index (χ4v) is 2.95. The van der Waals surface area contributed by atoms with Crippen LogP contribution in [0.1, 0.15) is 17.9 Å². The van der Waals surface area contributed by atoms with Gasteiger partial charge in [0.1, 0.15) is 0 Å². The van der Waals surface area contributed by atoms with Crippen LogP contribution in [0, 0.1) is 5.92 Å². The minimum absolute atomic E-state index is 0.0317. The summed E-state index contributed by atoms with van der Waals surface area (Å²) in [5, 5.41) is 4.14. The quantitative estimate of drug-likeness (QED) is 0.809. The third-order valence-corrected chi connectivity index (χ3v) is 4.34. The molecule has 1 saturated carbocycles. The highest BCUT2D eigenvalue weighted by atomic mass is 35.5. The number of rotatable bonds is 6. The molecule has 2 amide bonds. The minimum Gasteiger partial charge on any atom is -0.354 e. The molecule has 118 valence electrons. The first-order chi connectivity index (χ1) is 10.4. The zero-order valence-electron chi connectivity index (χ0n) is 12.3. The second-order valence-corrected chi connectivity index (χ2v) is 6.31. The summed E-state index contributed by atoms with van der Waals surface area (Å²) in [5.74, 6) is 0.290. The molecule has 0 aliphatic heterocycles. The van der Waals surface area contributed by atoms with E-state index >= 15 is 0 Å². The second kappa shape index (κ2) is 7.16. The molecule has 0 spiro atoms. The van der Waals surface area contributed by atoms with Crippen LogP contribution < -0.4 is 5.32 Å². The SMILES string of the molecule is C=CC(=O)N(C)CC(=O)NC[C@@H]1C[C@H]1c1ccc(Cl)cc1Cl. The van der Waals surface area contributed by atoms with Crippen LogP contribution in [0.3, 0.4) is 0 Å². The molecule has 4 nitrogen and oxygen atoms in total. The van der Waals surface area contributed by atoms with Crippen LogP contribution in [0.25, 0.3) is 0 Å². The van der Waals surface area contributed by atoms with Crippen molar-refractivity contribution < 1.29 is 9.59 Å². The van der Waals surface area contributed by atoms with Crippen LogP contribution in [-0.2, 0) is 9.59 Å². The smallest absolute Gasteiger partial charge is 0.246 e. The van der Waals surface area contributed by atoms with E-state index in [4.69, 9.17) is 23.2 Å². The number of nitrogens with one attached hydrogen (secondary N) is 1. The van der Waals surface area contributed by atoms with Gasteiger partial charge in [0.15, 0.2) is 0 Å². The maximum atomic E-state index is 11.8. The van der Waals surface area contributed by atoms with Crippen molar-refractivity contribution in [3.63, 3.8) is 0 Å². The first-order valence-corrected chi connectivity index (χ1v) is 7.77. The van der Waals surface area contributed by atoms with Crippen LogP contribution >= 0.6 is 23.2 Å². The molecule has 2 atom stereocenters. The Morgan fingerprint density at radius 2 is 2.18 bits per heavy atom. The molecular weight excluding hydrogens is 323 g/mol. The molecule has 2 rings (SSSR count). The van der Waals surface area contributed by atoms with Crippen LogP contribution in [0.15, 0.2) is 30.9 Å². The third kappa shape index (κ3) is 4.24. The van der Waals surface area contributed by atoms with E-state index < -0.39 is 0 Å². The fourth-order valence-electron chi connectivity index (χ4n) is 2.41. The van der Waals surface area contributed by atoms with Crippen molar-refractivity contribution >= 4 is 35.0 Å². The van der Waals surface area contributed by atoms with Crippen molar-refractivity contribution in [3.05, 3.63) is 46.5 Å². The average Bonchev–Trinajstić information content (AvgIpc) is 3.23. The van der Waals surface area contributed by atoms with Crippen molar-refractivity contribution in [1.29, 1.82) is 0 Å². The molecule has 0 bridgehead atoms. The third-order valence-electron chi connectivity index (χ3n) is 3.78. The number of amides is 2. The highest BCUT2D eigenvalue weighted by molar-refractivity contribution is 6.35. The zero-order chi connectivity index (χ0) is 16.3. The highest BCUT2D eigenvalue weighted by Crippen LogP contribution is 2.49. The predicted octanol–water partition coefficient (Wildman–Crippen LogP) is 2.86. The normalized spacial score (nSPS) is 19.4. The van der Waals surface area contributed by atoms with Crippen molar-refractivity contribution in [3.8, 4) is 0 Å². The molecule has 0 saturated heterocycles. The second-order valence-electron chi connectivity index (χ2n) is 5.47. The van der Waals surface area contributed by atoms with Gasteiger partial charge in [-0.3, -0.25) is 9.59 Å². The summed E-state index contributed by atoms with van der Waals surface area (Å²) in [7, 11) is 1.57. The molecule has 22 heavy (non-hydrogen) atoms. The molecule has 1 fully saturated rings. The maximum absolute atomic E-state index is 11.8. The van der Waals surface area contributed by atoms with E-state index in [1.807, 2.05) is 12.1 Å². The van der Waals surface area contributed by atoms with Crippen LogP contribution in [-0.4, -0.2) is 36.9 Å². The van der Waals surface area contributed by atoms with Gasteiger partial charge in [0, 0.05) is 23.6 Å². The Labute approximate surface area is 140 Å². The Kier molecular flexibility index (Phi) is 5.48. The highest BCUT2D eigenvalue weighted by Gasteiger charge is 2.39. The number of hydrogen-bond donors (Lipinski definition) is 1. The van der Waals surface area contributed by atoms with E-state index in [0.29, 0.717) is 28.4 Å². The lowest BCUT2D eigenvalue weighted by Gasteiger charge is -2.14. The van der Waals surface area contributed by atoms with Crippen molar-refractivity contribution in [2.24, 2.45) is 5.92 Å². The summed E-state index contributed by atoms with van der Waals surface area (Å²) in [6, 6.07) is 5.50. The van der Waals surface area contributed by atoms with E-state index in [1.165, 1.54) is 11.0 Å². The average molecular weight is 341 g/mol. The summed E-state index contributed by atoms with van der Waals surface area (Å²) >= 11 is 12.1. The number of carbonyl (C=O) groups excluding carboxylic acids is 2. The van der Waals surface area contributed by atoms with Gasteiger partial charge in [-0.15, -0.1) is 0 Å². The van der Waals surface area contributed by atoms with Crippen LogP contribution in [0.2, 0.25) is 10.0 Å². The number of likely N-dealkylation sites (N-methyl/N-ethyl adjacent to an activating group) is 1. The summed E-state index contributed by atoms with van der Waals surface area (Å²) in [4.78, 5) is 24.4. The van der Waals surface area contributed by atoms with Crippen LogP contribution in [0.5, 0.6) is 0 Å². The Bertz CT molecular complexity index is 604. The molecular formula is C16H18Cl2N2O2. The van der Waals surface area contributed by atoms with Gasteiger partial charge in [0.25, 0.3) is 0 Å². The van der Waals surface area contributed by atoms with E-state index in [9.17, 15) is 9.59 Å². The maximum Gasteiger partial charge on any atom is 0.246 e. The van der Waals surface area contributed by atoms with Gasteiger partial charge in [-0.1, -0.05) is 35.8 Å². The molecule has 1 aromatic rings. The molecule has 0 unspecified atom stereocenters. The van der Waals surface area contributed by atoms with Crippen molar-refractivity contribution in [2.75, 3.05) is 20.1 Å². The Hall–Kier alpha value is -1.52. The van der Waals surface area contributed by atoms with Gasteiger partial charge < -0.3 is 10.2 Å². The molecule has 0 radical (unpaired) electrons. The number of hydrogen-bond acceptors (Lipinski definition) is 2. The van der Waals surface area contributed by atoms with Gasteiger partial charge in [-0.25, -0.2) is 0 Å². The number of halogens is 2. The zero-order valence-corrected chi connectivity index (χ0v) is 13.8. The topological polar surface area (TPSA) is 49.4 Å². The fraction of sp³-hybridized carbons (Fsp3) is 0.375. The summed E-state index contributed by atoms with van der Waals surface area (Å²) in [6.07, 6.45) is 2.18.